The molecule has 0 spiro atoms. The molecular formula is C8H12NS. The third kappa shape index (κ3) is 1.81. The lowest BCUT2D eigenvalue weighted by atomic mass is 10.1. The Balaban J connectivity index is 2.47. The molecule has 55 valence electrons. The van der Waals surface area contributed by atoms with Crippen molar-refractivity contribution in [3.8, 4) is 0 Å². The van der Waals surface area contributed by atoms with Crippen molar-refractivity contribution < 1.29 is 0 Å². The first-order valence-corrected chi connectivity index (χ1v) is 4.44. The summed E-state index contributed by atoms with van der Waals surface area (Å²) in [6.45, 7) is 4.43. The summed E-state index contributed by atoms with van der Waals surface area (Å²) >= 11 is 1.78. The van der Waals surface area contributed by atoms with Crippen LogP contribution in [0.15, 0.2) is 22.7 Å². The van der Waals surface area contributed by atoms with Crippen LogP contribution in [0.2, 0.25) is 0 Å². The smallest absolute Gasteiger partial charge is 0.0369 e. The molecule has 1 nitrogen and oxygen atoms in total. The first-order chi connectivity index (χ1) is 4.84. The van der Waals surface area contributed by atoms with Crippen LogP contribution in [0.5, 0.6) is 0 Å². The fourth-order valence-corrected chi connectivity index (χ4v) is 1.54. The monoisotopic (exact) mass is 154 g/mol. The Bertz CT molecular complexity index is 161. The van der Waals surface area contributed by atoms with Crippen LogP contribution >= 0.6 is 11.8 Å². The zero-order valence-electron chi connectivity index (χ0n) is 6.37. The van der Waals surface area contributed by atoms with Gasteiger partial charge >= 0.3 is 0 Å². The highest BCUT2D eigenvalue weighted by Gasteiger charge is 2.07. The Kier molecular flexibility index (Phi) is 2.87. The summed E-state index contributed by atoms with van der Waals surface area (Å²) in [5.74, 6) is 0.665. The fraction of sp³-hybridized carbons (Fsp3) is 0.500. The van der Waals surface area contributed by atoms with Gasteiger partial charge in [-0.05, 0) is 17.7 Å². The minimum atomic E-state index is 0.665. The van der Waals surface area contributed by atoms with E-state index in [0.29, 0.717) is 5.92 Å². The summed E-state index contributed by atoms with van der Waals surface area (Å²) in [5.41, 5.74) is 0. The van der Waals surface area contributed by atoms with Crippen LogP contribution in [0.3, 0.4) is 0 Å². The van der Waals surface area contributed by atoms with Crippen LogP contribution in [0.25, 0.3) is 0 Å². The van der Waals surface area contributed by atoms with Gasteiger partial charge in [-0.2, -0.15) is 0 Å². The van der Waals surface area contributed by atoms with Crippen molar-refractivity contribution in [2.45, 2.75) is 20.3 Å². The largest absolute Gasteiger partial charge is 0.263 e. The molecule has 1 heterocycles. The van der Waals surface area contributed by atoms with Crippen LogP contribution in [0.4, 0.5) is 0 Å². The Hall–Kier alpha value is -0.370. The maximum absolute atomic E-state index is 4.06. The molecule has 0 aromatic rings. The first kappa shape index (κ1) is 7.73. The number of hydrogen-bond donors (Lipinski definition) is 0. The predicted molar refractivity (Wildman–Crippen MR) is 46.4 cm³/mol. The quantitative estimate of drug-likeness (QED) is 0.596. The maximum atomic E-state index is 4.06. The average Bonchev–Trinajstić information content (AvgIpc) is 2.05. The average molecular weight is 154 g/mol. The second-order valence-corrected chi connectivity index (χ2v) is 3.37. The molecule has 0 fully saturated rings. The third-order valence-corrected chi connectivity index (χ3v) is 2.69. The molecule has 1 atom stereocenters. The standard InChI is InChI=1S/C8H12NS/c1-3-7(2)8-6-9-4-5-10-8/h4-7H,3H2,1-2H3. The summed E-state index contributed by atoms with van der Waals surface area (Å²) in [6.07, 6.45) is 4.98. The van der Waals surface area contributed by atoms with Gasteiger partial charge in [0.05, 0.1) is 0 Å². The predicted octanol–water partition coefficient (Wildman–Crippen LogP) is 2.70. The highest BCUT2D eigenvalue weighted by Crippen LogP contribution is 2.28. The highest BCUT2D eigenvalue weighted by molar-refractivity contribution is 8.05. The second-order valence-electron chi connectivity index (χ2n) is 2.39. The van der Waals surface area contributed by atoms with Gasteiger partial charge in [-0.1, -0.05) is 25.6 Å². The highest BCUT2D eigenvalue weighted by atomic mass is 32.2. The lowest BCUT2D eigenvalue weighted by molar-refractivity contribution is 0.683. The first-order valence-electron chi connectivity index (χ1n) is 3.56. The van der Waals surface area contributed by atoms with Crippen LogP contribution in [0, 0.1) is 5.92 Å². The molecule has 0 aromatic heterocycles. The topological polar surface area (TPSA) is 14.1 Å². The summed E-state index contributed by atoms with van der Waals surface area (Å²) < 4.78 is 0. The van der Waals surface area contributed by atoms with E-state index < -0.39 is 0 Å². The summed E-state index contributed by atoms with van der Waals surface area (Å²) in [6, 6.07) is 0. The molecule has 0 amide bonds. The van der Waals surface area contributed by atoms with Crippen LogP contribution in [0.1, 0.15) is 20.3 Å². The van der Waals surface area contributed by atoms with Crippen molar-refractivity contribution in [2.75, 3.05) is 0 Å². The Morgan fingerprint density at radius 2 is 2.50 bits per heavy atom. The van der Waals surface area contributed by atoms with E-state index in [1.54, 1.807) is 11.8 Å². The lowest BCUT2D eigenvalue weighted by Gasteiger charge is -2.12. The summed E-state index contributed by atoms with van der Waals surface area (Å²) in [4.78, 5) is 1.38. The fourth-order valence-electron chi connectivity index (χ4n) is 0.736. The third-order valence-electron chi connectivity index (χ3n) is 1.65. The molecule has 0 saturated heterocycles. The van der Waals surface area contributed by atoms with Crippen molar-refractivity contribution in [3.63, 3.8) is 0 Å². The van der Waals surface area contributed by atoms with Crippen LogP contribution in [-0.2, 0) is 0 Å². The van der Waals surface area contributed by atoms with Gasteiger partial charge in [0.1, 0.15) is 0 Å². The van der Waals surface area contributed by atoms with Gasteiger partial charge < -0.3 is 0 Å². The molecule has 10 heavy (non-hydrogen) atoms. The normalized spacial score (nSPS) is 19.6. The van der Waals surface area contributed by atoms with Gasteiger partial charge in [-0.15, -0.1) is 0 Å². The Morgan fingerprint density at radius 1 is 1.70 bits per heavy atom. The molecule has 1 radical (unpaired) electrons. The molecule has 0 aromatic carbocycles. The molecule has 1 rings (SSSR count). The number of rotatable bonds is 2. The van der Waals surface area contributed by atoms with Crippen molar-refractivity contribution >= 4 is 11.8 Å². The maximum Gasteiger partial charge on any atom is 0.0369 e. The van der Waals surface area contributed by atoms with Gasteiger partial charge in [0, 0.05) is 17.3 Å². The second kappa shape index (κ2) is 3.71. The molecule has 0 aliphatic carbocycles. The van der Waals surface area contributed by atoms with Gasteiger partial charge in [0.25, 0.3) is 0 Å². The van der Waals surface area contributed by atoms with Crippen molar-refractivity contribution in [1.29, 1.82) is 0 Å². The van der Waals surface area contributed by atoms with Gasteiger partial charge in [-0.3, -0.25) is 5.32 Å². The molecule has 0 bridgehead atoms. The lowest BCUT2D eigenvalue weighted by Crippen LogP contribution is -1.98. The van der Waals surface area contributed by atoms with Crippen molar-refractivity contribution in [3.05, 3.63) is 22.7 Å². The van der Waals surface area contributed by atoms with Crippen LogP contribution in [-0.4, -0.2) is 0 Å². The van der Waals surface area contributed by atoms with E-state index in [9.17, 15) is 0 Å². The molecule has 1 unspecified atom stereocenters. The van der Waals surface area contributed by atoms with E-state index in [-0.39, 0.29) is 0 Å². The van der Waals surface area contributed by atoms with Crippen molar-refractivity contribution in [1.82, 2.24) is 5.32 Å². The number of hydrogen-bond acceptors (Lipinski definition) is 1. The zero-order valence-corrected chi connectivity index (χ0v) is 7.19. The Labute approximate surface area is 66.6 Å². The van der Waals surface area contributed by atoms with E-state index in [4.69, 9.17) is 0 Å². The van der Waals surface area contributed by atoms with Crippen molar-refractivity contribution in [2.24, 2.45) is 5.92 Å². The van der Waals surface area contributed by atoms with Gasteiger partial charge in [0.2, 0.25) is 0 Å². The number of thioether (sulfide) groups is 1. The Morgan fingerprint density at radius 3 is 3.00 bits per heavy atom. The van der Waals surface area contributed by atoms with E-state index in [1.807, 2.05) is 17.8 Å². The minimum Gasteiger partial charge on any atom is -0.263 e. The van der Waals surface area contributed by atoms with Gasteiger partial charge in [0.15, 0.2) is 0 Å². The molecule has 2 heteroatoms. The summed E-state index contributed by atoms with van der Waals surface area (Å²) in [5, 5.41) is 6.09. The van der Waals surface area contributed by atoms with E-state index in [2.05, 4.69) is 19.2 Å². The SMILES string of the molecule is CCC(C)C1=C[N]C=CS1. The zero-order chi connectivity index (χ0) is 7.40. The number of nitrogens with zero attached hydrogens (tertiary/aromatic N) is 1. The van der Waals surface area contributed by atoms with Crippen LogP contribution < -0.4 is 5.32 Å². The minimum absolute atomic E-state index is 0.665. The van der Waals surface area contributed by atoms with Gasteiger partial charge in [-0.25, -0.2) is 0 Å². The molecule has 0 N–H and O–H groups in total. The molecule has 1 aliphatic heterocycles. The molecule has 0 saturated carbocycles. The van der Waals surface area contributed by atoms with E-state index in [1.165, 1.54) is 11.3 Å². The van der Waals surface area contributed by atoms with E-state index in [0.717, 1.165) is 0 Å². The molecule has 1 aliphatic rings. The number of allylic oxidation sites excluding steroid dienone is 1. The molecular weight excluding hydrogens is 142 g/mol. The van der Waals surface area contributed by atoms with E-state index >= 15 is 0 Å². The summed E-state index contributed by atoms with van der Waals surface area (Å²) in [7, 11) is 0.